The van der Waals surface area contributed by atoms with Crippen LogP contribution in [0.15, 0.2) is 0 Å². The normalized spacial score (nSPS) is 12.8. The molecular weight excluding hydrogens is 256 g/mol. The van der Waals surface area contributed by atoms with E-state index >= 15 is 0 Å². The quantitative estimate of drug-likeness (QED) is 0.648. The maximum atomic E-state index is 12.7. The first-order chi connectivity index (χ1) is 9.02. The molecule has 0 fully saturated rings. The largest absolute Gasteiger partial charge is 0.341 e. The highest BCUT2D eigenvalue weighted by molar-refractivity contribution is 7.98. The summed E-state index contributed by atoms with van der Waals surface area (Å²) in [5.74, 6) is 0.943. The molecule has 0 saturated heterocycles. The molecule has 3 nitrogen and oxygen atoms in total. The fraction of sp³-hybridized carbons (Fsp3) is 0.867. The monoisotopic (exact) mass is 284 g/mol. The van der Waals surface area contributed by atoms with Crippen LogP contribution in [0, 0.1) is 16.7 Å². The lowest BCUT2D eigenvalue weighted by Crippen LogP contribution is -2.47. The third-order valence-corrected chi connectivity index (χ3v) is 4.39. The highest BCUT2D eigenvalue weighted by Gasteiger charge is 2.40. The maximum Gasteiger partial charge on any atom is 0.243 e. The molecule has 0 aromatic carbocycles. The van der Waals surface area contributed by atoms with Crippen molar-refractivity contribution in [2.45, 2.75) is 58.9 Å². The Balaban J connectivity index is 5.12. The molecule has 0 radical (unpaired) electrons. The van der Waals surface area contributed by atoms with E-state index < -0.39 is 5.41 Å². The van der Waals surface area contributed by atoms with E-state index in [0.29, 0.717) is 12.8 Å². The number of hydrogen-bond acceptors (Lipinski definition) is 3. The lowest BCUT2D eigenvalue weighted by atomic mass is 9.79. The Kier molecular flexibility index (Phi) is 8.92. The maximum absolute atomic E-state index is 12.7. The van der Waals surface area contributed by atoms with Gasteiger partial charge in [0.2, 0.25) is 5.91 Å². The molecule has 0 aliphatic heterocycles. The molecule has 0 spiro atoms. The first-order valence-corrected chi connectivity index (χ1v) is 8.59. The molecule has 0 aromatic rings. The number of carbonyl (C=O) groups excluding carboxylic acids is 1. The third-order valence-electron chi connectivity index (χ3n) is 3.68. The van der Waals surface area contributed by atoms with Crippen LogP contribution in [0.1, 0.15) is 52.9 Å². The Morgan fingerprint density at radius 2 is 1.84 bits per heavy atom. The molecule has 0 aromatic heterocycles. The second-order valence-corrected chi connectivity index (χ2v) is 6.04. The van der Waals surface area contributed by atoms with Crippen molar-refractivity contribution < 1.29 is 4.79 Å². The van der Waals surface area contributed by atoms with E-state index in [1.807, 2.05) is 25.8 Å². The van der Waals surface area contributed by atoms with Gasteiger partial charge in [0.25, 0.3) is 0 Å². The number of carbonyl (C=O) groups is 1. The standard InChI is InChI=1S/C15H28N2OS/c1-6-9-15(12-16,10-7-2)14(18)17(4)13(8-3)11-19-5/h13H,6-11H2,1-5H3. The number of amides is 1. The summed E-state index contributed by atoms with van der Waals surface area (Å²) in [6.45, 7) is 6.17. The van der Waals surface area contributed by atoms with Gasteiger partial charge in [-0.05, 0) is 25.5 Å². The van der Waals surface area contributed by atoms with E-state index in [4.69, 9.17) is 0 Å². The van der Waals surface area contributed by atoms with Gasteiger partial charge in [0.05, 0.1) is 6.07 Å². The van der Waals surface area contributed by atoms with Crippen molar-refractivity contribution in [2.24, 2.45) is 5.41 Å². The minimum Gasteiger partial charge on any atom is -0.341 e. The van der Waals surface area contributed by atoms with E-state index in [9.17, 15) is 10.1 Å². The van der Waals surface area contributed by atoms with Crippen molar-refractivity contribution in [3.8, 4) is 6.07 Å². The van der Waals surface area contributed by atoms with Gasteiger partial charge in [-0.1, -0.05) is 33.6 Å². The van der Waals surface area contributed by atoms with E-state index in [-0.39, 0.29) is 11.9 Å². The first kappa shape index (κ1) is 18.3. The fourth-order valence-electron chi connectivity index (χ4n) is 2.55. The molecule has 0 heterocycles. The molecule has 0 rings (SSSR count). The van der Waals surface area contributed by atoms with Crippen molar-refractivity contribution in [3.63, 3.8) is 0 Å². The van der Waals surface area contributed by atoms with Gasteiger partial charge in [-0.2, -0.15) is 17.0 Å². The number of rotatable bonds is 9. The van der Waals surface area contributed by atoms with Crippen LogP contribution in [0.5, 0.6) is 0 Å². The average Bonchev–Trinajstić information content (AvgIpc) is 2.42. The molecule has 0 aliphatic rings. The topological polar surface area (TPSA) is 44.1 Å². The summed E-state index contributed by atoms with van der Waals surface area (Å²) < 4.78 is 0. The molecule has 1 unspecified atom stereocenters. The smallest absolute Gasteiger partial charge is 0.243 e. The van der Waals surface area contributed by atoms with Gasteiger partial charge in [0.1, 0.15) is 5.41 Å². The van der Waals surface area contributed by atoms with Gasteiger partial charge in [0, 0.05) is 18.8 Å². The molecule has 0 bridgehead atoms. The van der Waals surface area contributed by atoms with Gasteiger partial charge in [-0.3, -0.25) is 4.79 Å². The van der Waals surface area contributed by atoms with Gasteiger partial charge in [-0.15, -0.1) is 0 Å². The summed E-state index contributed by atoms with van der Waals surface area (Å²) in [5.41, 5.74) is -0.815. The van der Waals surface area contributed by atoms with Crippen molar-refractivity contribution in [2.75, 3.05) is 19.1 Å². The van der Waals surface area contributed by atoms with E-state index in [2.05, 4.69) is 19.2 Å². The summed E-state index contributed by atoms with van der Waals surface area (Å²) in [7, 11) is 1.85. The molecule has 0 saturated carbocycles. The van der Waals surface area contributed by atoms with Crippen LogP contribution in [0.4, 0.5) is 0 Å². The van der Waals surface area contributed by atoms with E-state index in [0.717, 1.165) is 25.0 Å². The SMILES string of the molecule is CCCC(C#N)(CCC)C(=O)N(C)C(CC)CSC. The Bertz CT molecular complexity index is 306. The van der Waals surface area contributed by atoms with Crippen LogP contribution in [-0.4, -0.2) is 35.9 Å². The van der Waals surface area contributed by atoms with Crippen molar-refractivity contribution in [1.29, 1.82) is 5.26 Å². The Labute approximate surface area is 122 Å². The van der Waals surface area contributed by atoms with Crippen LogP contribution in [0.2, 0.25) is 0 Å². The Morgan fingerprint density at radius 1 is 1.32 bits per heavy atom. The minimum absolute atomic E-state index is 0.0135. The van der Waals surface area contributed by atoms with Crippen LogP contribution >= 0.6 is 11.8 Å². The predicted molar refractivity (Wildman–Crippen MR) is 83.1 cm³/mol. The molecule has 0 N–H and O–H groups in total. The number of thioether (sulfide) groups is 1. The molecule has 1 atom stereocenters. The van der Waals surface area contributed by atoms with Gasteiger partial charge in [0.15, 0.2) is 0 Å². The van der Waals surface area contributed by atoms with Crippen LogP contribution in [0.25, 0.3) is 0 Å². The zero-order valence-electron chi connectivity index (χ0n) is 13.0. The lowest BCUT2D eigenvalue weighted by molar-refractivity contribution is -0.140. The number of hydrogen-bond donors (Lipinski definition) is 0. The van der Waals surface area contributed by atoms with Crippen LogP contribution in [-0.2, 0) is 4.79 Å². The number of nitriles is 1. The molecule has 4 heteroatoms. The van der Waals surface area contributed by atoms with Crippen LogP contribution in [0.3, 0.4) is 0 Å². The molecule has 1 amide bonds. The van der Waals surface area contributed by atoms with Gasteiger partial charge >= 0.3 is 0 Å². The summed E-state index contributed by atoms with van der Waals surface area (Å²) in [5, 5.41) is 9.54. The van der Waals surface area contributed by atoms with Crippen molar-refractivity contribution in [3.05, 3.63) is 0 Å². The van der Waals surface area contributed by atoms with E-state index in [1.165, 1.54) is 0 Å². The molecule has 19 heavy (non-hydrogen) atoms. The average molecular weight is 284 g/mol. The Morgan fingerprint density at radius 3 is 2.16 bits per heavy atom. The molecule has 0 aliphatic carbocycles. The second-order valence-electron chi connectivity index (χ2n) is 5.13. The zero-order chi connectivity index (χ0) is 14.9. The third kappa shape index (κ3) is 4.72. The second kappa shape index (κ2) is 9.25. The summed E-state index contributed by atoms with van der Waals surface area (Å²) in [4.78, 5) is 14.6. The van der Waals surface area contributed by atoms with Gasteiger partial charge < -0.3 is 4.90 Å². The highest BCUT2D eigenvalue weighted by atomic mass is 32.2. The van der Waals surface area contributed by atoms with Crippen molar-refractivity contribution >= 4 is 17.7 Å². The van der Waals surface area contributed by atoms with Crippen molar-refractivity contribution in [1.82, 2.24) is 4.90 Å². The Hall–Kier alpha value is -0.690. The number of nitrogens with zero attached hydrogens (tertiary/aromatic N) is 2. The minimum atomic E-state index is -0.815. The predicted octanol–water partition coefficient (Wildman–Crippen LogP) is 3.70. The summed E-state index contributed by atoms with van der Waals surface area (Å²) >= 11 is 1.75. The highest BCUT2D eigenvalue weighted by Crippen LogP contribution is 2.32. The van der Waals surface area contributed by atoms with E-state index in [1.54, 1.807) is 11.8 Å². The van der Waals surface area contributed by atoms with Crippen LogP contribution < -0.4 is 0 Å². The molecular formula is C15H28N2OS. The first-order valence-electron chi connectivity index (χ1n) is 7.20. The van der Waals surface area contributed by atoms with Gasteiger partial charge in [-0.25, -0.2) is 0 Å². The molecule has 110 valence electrons. The fourth-order valence-corrected chi connectivity index (χ4v) is 3.40. The zero-order valence-corrected chi connectivity index (χ0v) is 13.8. The summed E-state index contributed by atoms with van der Waals surface area (Å²) in [6, 6.07) is 2.55. The summed E-state index contributed by atoms with van der Waals surface area (Å²) in [6.07, 6.45) is 6.05. The lowest BCUT2D eigenvalue weighted by Gasteiger charge is -2.34.